The Hall–Kier alpha value is -1.62. The molecule has 1 aliphatic carbocycles. The molecule has 1 aromatic carbocycles. The Balaban J connectivity index is 1.46. The topological polar surface area (TPSA) is 35.6 Å². The number of rotatable bonds is 4. The van der Waals surface area contributed by atoms with Crippen molar-refractivity contribution in [2.75, 3.05) is 37.6 Å². The zero-order valence-electron chi connectivity index (χ0n) is 15.4. The highest BCUT2D eigenvalue weighted by Gasteiger charge is 2.29. The second-order valence-electron chi connectivity index (χ2n) is 7.66. The third-order valence-electron chi connectivity index (χ3n) is 5.99. The summed E-state index contributed by atoms with van der Waals surface area (Å²) in [6.07, 6.45) is 3.57. The van der Waals surface area contributed by atoms with Crippen molar-refractivity contribution in [2.45, 2.75) is 39.2 Å². The van der Waals surface area contributed by atoms with Crippen LogP contribution in [0.15, 0.2) is 24.3 Å². The molecule has 4 nitrogen and oxygen atoms in total. The highest BCUT2D eigenvalue weighted by molar-refractivity contribution is 5.78. The molecule has 138 valence electrons. The first-order chi connectivity index (χ1) is 12.0. The molecular formula is C20H30FN3O. The van der Waals surface area contributed by atoms with Gasteiger partial charge in [-0.25, -0.2) is 4.39 Å². The molecule has 3 atom stereocenters. The normalized spacial score (nSPS) is 28.0. The number of hydrogen-bond acceptors (Lipinski definition) is 3. The maximum absolute atomic E-state index is 13.9. The van der Waals surface area contributed by atoms with Crippen molar-refractivity contribution < 1.29 is 9.18 Å². The lowest BCUT2D eigenvalue weighted by Gasteiger charge is -2.37. The van der Waals surface area contributed by atoms with Crippen LogP contribution in [0.25, 0.3) is 0 Å². The van der Waals surface area contributed by atoms with Crippen molar-refractivity contribution in [3.05, 3.63) is 30.1 Å². The van der Waals surface area contributed by atoms with Crippen molar-refractivity contribution in [2.24, 2.45) is 11.8 Å². The van der Waals surface area contributed by atoms with E-state index in [1.165, 1.54) is 18.9 Å². The summed E-state index contributed by atoms with van der Waals surface area (Å²) in [5.41, 5.74) is 0.664. The van der Waals surface area contributed by atoms with Crippen LogP contribution in [-0.4, -0.2) is 49.6 Å². The van der Waals surface area contributed by atoms with Gasteiger partial charge in [-0.15, -0.1) is 0 Å². The Morgan fingerprint density at radius 1 is 1.16 bits per heavy atom. The molecule has 1 aliphatic heterocycles. The molecule has 1 amide bonds. The molecule has 1 N–H and O–H groups in total. The fourth-order valence-corrected chi connectivity index (χ4v) is 4.10. The van der Waals surface area contributed by atoms with Gasteiger partial charge in [-0.2, -0.15) is 0 Å². The van der Waals surface area contributed by atoms with Crippen molar-refractivity contribution in [3.8, 4) is 0 Å². The number of nitrogens with one attached hydrogen (secondary N) is 1. The molecule has 2 aliphatic rings. The molecular weight excluding hydrogens is 317 g/mol. The number of halogens is 1. The largest absolute Gasteiger partial charge is 0.367 e. The van der Waals surface area contributed by atoms with Gasteiger partial charge in [-0.05, 0) is 30.4 Å². The molecule has 1 saturated carbocycles. The Morgan fingerprint density at radius 2 is 1.88 bits per heavy atom. The third kappa shape index (κ3) is 4.51. The molecule has 25 heavy (non-hydrogen) atoms. The third-order valence-corrected chi connectivity index (χ3v) is 5.99. The summed E-state index contributed by atoms with van der Waals surface area (Å²) in [7, 11) is 0. The minimum atomic E-state index is -0.172. The molecule has 0 bridgehead atoms. The van der Waals surface area contributed by atoms with Crippen LogP contribution in [0.1, 0.15) is 33.1 Å². The second-order valence-corrected chi connectivity index (χ2v) is 7.66. The maximum Gasteiger partial charge on any atom is 0.234 e. The van der Waals surface area contributed by atoms with E-state index in [1.54, 1.807) is 6.07 Å². The first kappa shape index (κ1) is 18.2. The average molecular weight is 347 g/mol. The molecule has 5 heteroatoms. The molecule has 1 heterocycles. The number of nitrogens with zero attached hydrogens (tertiary/aromatic N) is 2. The highest BCUT2D eigenvalue weighted by Crippen LogP contribution is 2.29. The maximum atomic E-state index is 13.9. The summed E-state index contributed by atoms with van der Waals surface area (Å²) < 4.78 is 13.9. The second kappa shape index (κ2) is 8.17. The number of benzene rings is 1. The van der Waals surface area contributed by atoms with E-state index in [2.05, 4.69) is 29.0 Å². The average Bonchev–Trinajstić information content (AvgIpc) is 2.60. The number of hydrogen-bond donors (Lipinski definition) is 1. The fraction of sp³-hybridized carbons (Fsp3) is 0.650. The highest BCUT2D eigenvalue weighted by atomic mass is 19.1. The number of amides is 1. The molecule has 0 aromatic heterocycles. The smallest absolute Gasteiger partial charge is 0.234 e. The summed E-state index contributed by atoms with van der Waals surface area (Å²) >= 11 is 0. The van der Waals surface area contributed by atoms with Crippen LogP contribution in [0.2, 0.25) is 0 Å². The van der Waals surface area contributed by atoms with Gasteiger partial charge in [0.05, 0.1) is 12.2 Å². The molecule has 0 unspecified atom stereocenters. The monoisotopic (exact) mass is 347 g/mol. The van der Waals surface area contributed by atoms with Crippen molar-refractivity contribution >= 4 is 11.6 Å². The van der Waals surface area contributed by atoms with Crippen LogP contribution < -0.4 is 10.2 Å². The van der Waals surface area contributed by atoms with E-state index >= 15 is 0 Å². The van der Waals surface area contributed by atoms with Gasteiger partial charge in [0.1, 0.15) is 5.82 Å². The van der Waals surface area contributed by atoms with Gasteiger partial charge in [0.25, 0.3) is 0 Å². The van der Waals surface area contributed by atoms with E-state index in [1.807, 2.05) is 12.1 Å². The van der Waals surface area contributed by atoms with Gasteiger partial charge in [0.15, 0.2) is 0 Å². The van der Waals surface area contributed by atoms with E-state index in [0.717, 1.165) is 32.6 Å². The Morgan fingerprint density at radius 3 is 2.60 bits per heavy atom. The van der Waals surface area contributed by atoms with E-state index in [9.17, 15) is 9.18 Å². The van der Waals surface area contributed by atoms with Crippen LogP contribution >= 0.6 is 0 Å². The summed E-state index contributed by atoms with van der Waals surface area (Å²) in [6, 6.07) is 7.22. The van der Waals surface area contributed by atoms with Crippen LogP contribution in [-0.2, 0) is 4.79 Å². The lowest BCUT2D eigenvalue weighted by Crippen LogP contribution is -2.52. The predicted octanol–water partition coefficient (Wildman–Crippen LogP) is 2.89. The standard InChI is InChI=1S/C20H30FN3O/c1-15-6-5-8-18(16(15)2)22-20(25)14-23-10-12-24(13-11-23)19-9-4-3-7-17(19)21/h3-4,7,9,15-16,18H,5-6,8,10-14H2,1-2H3,(H,22,25)/t15-,16+,18+/m1/s1. The van der Waals surface area contributed by atoms with Crippen LogP contribution in [0.5, 0.6) is 0 Å². The summed E-state index contributed by atoms with van der Waals surface area (Å²) in [5.74, 6) is 1.19. The van der Waals surface area contributed by atoms with Crippen molar-refractivity contribution in [3.63, 3.8) is 0 Å². The zero-order valence-corrected chi connectivity index (χ0v) is 15.4. The molecule has 0 spiro atoms. The number of piperazine rings is 1. The first-order valence-corrected chi connectivity index (χ1v) is 9.56. The summed E-state index contributed by atoms with van der Waals surface area (Å²) in [5, 5.41) is 3.24. The molecule has 2 fully saturated rings. The number of carbonyl (C=O) groups excluding carboxylic acids is 1. The Bertz CT molecular complexity index is 586. The Kier molecular flexibility index (Phi) is 5.94. The molecule has 1 aromatic rings. The van der Waals surface area contributed by atoms with Crippen molar-refractivity contribution in [1.82, 2.24) is 10.2 Å². The van der Waals surface area contributed by atoms with Gasteiger partial charge in [-0.1, -0.05) is 38.8 Å². The number of para-hydroxylation sites is 1. The minimum absolute atomic E-state index is 0.130. The predicted molar refractivity (Wildman–Crippen MR) is 99.2 cm³/mol. The quantitative estimate of drug-likeness (QED) is 0.910. The van der Waals surface area contributed by atoms with E-state index in [4.69, 9.17) is 0 Å². The van der Waals surface area contributed by atoms with Gasteiger partial charge in [0, 0.05) is 32.2 Å². The van der Waals surface area contributed by atoms with E-state index < -0.39 is 0 Å². The molecule has 0 radical (unpaired) electrons. The van der Waals surface area contributed by atoms with Gasteiger partial charge < -0.3 is 10.2 Å². The van der Waals surface area contributed by atoms with Crippen molar-refractivity contribution in [1.29, 1.82) is 0 Å². The first-order valence-electron chi connectivity index (χ1n) is 9.56. The van der Waals surface area contributed by atoms with Gasteiger partial charge >= 0.3 is 0 Å². The SMILES string of the molecule is C[C@H]1[C@H](C)CCC[C@@H]1NC(=O)CN1CCN(c2ccccc2F)CC1. The van der Waals surface area contributed by atoms with Gasteiger partial charge in [-0.3, -0.25) is 9.69 Å². The summed E-state index contributed by atoms with van der Waals surface area (Å²) in [6.45, 7) is 8.07. The van der Waals surface area contributed by atoms with E-state index in [-0.39, 0.29) is 11.7 Å². The lowest BCUT2D eigenvalue weighted by atomic mass is 9.78. The zero-order chi connectivity index (χ0) is 17.8. The van der Waals surface area contributed by atoms with Crippen LogP contribution in [0.4, 0.5) is 10.1 Å². The lowest BCUT2D eigenvalue weighted by molar-refractivity contribution is -0.123. The summed E-state index contributed by atoms with van der Waals surface area (Å²) in [4.78, 5) is 16.6. The number of anilines is 1. The van der Waals surface area contributed by atoms with Crippen LogP contribution in [0.3, 0.4) is 0 Å². The fourth-order valence-electron chi connectivity index (χ4n) is 4.10. The number of carbonyl (C=O) groups is 1. The van der Waals surface area contributed by atoms with Crippen LogP contribution in [0, 0.1) is 17.7 Å². The van der Waals surface area contributed by atoms with E-state index in [0.29, 0.717) is 30.1 Å². The molecule has 1 saturated heterocycles. The molecule has 3 rings (SSSR count). The minimum Gasteiger partial charge on any atom is -0.367 e. The van der Waals surface area contributed by atoms with Gasteiger partial charge in [0.2, 0.25) is 5.91 Å². The Labute approximate surface area is 150 Å².